The van der Waals surface area contributed by atoms with Gasteiger partial charge in [-0.05, 0) is 31.2 Å². The van der Waals surface area contributed by atoms with Crippen LogP contribution in [-0.4, -0.2) is 24.2 Å². The molecule has 3 rings (SSSR count). The average molecular weight is 288 g/mol. The zero-order chi connectivity index (χ0) is 13.8. The summed E-state index contributed by atoms with van der Waals surface area (Å²) in [4.78, 5) is 5.72. The third-order valence-corrected chi connectivity index (χ3v) is 4.83. The quantitative estimate of drug-likeness (QED) is 0.916. The summed E-state index contributed by atoms with van der Waals surface area (Å²) in [6.45, 7) is 0. The lowest BCUT2D eigenvalue weighted by atomic mass is 9.93. The summed E-state index contributed by atoms with van der Waals surface area (Å²) in [5.74, 6) is 0. The summed E-state index contributed by atoms with van der Waals surface area (Å²) in [5, 5.41) is 4.58. The zero-order valence-corrected chi connectivity index (χ0v) is 12.5. The van der Waals surface area contributed by atoms with Crippen LogP contribution in [0.3, 0.4) is 0 Å². The van der Waals surface area contributed by atoms with Gasteiger partial charge in [-0.1, -0.05) is 41.7 Å². The smallest absolute Gasteiger partial charge is 0.183 e. The van der Waals surface area contributed by atoms with Crippen molar-refractivity contribution < 1.29 is 4.74 Å². The van der Waals surface area contributed by atoms with Crippen molar-refractivity contribution in [2.45, 2.75) is 37.8 Å². The topological polar surface area (TPSA) is 34.1 Å². The van der Waals surface area contributed by atoms with Crippen molar-refractivity contribution in [3.63, 3.8) is 0 Å². The number of thiazole rings is 1. The molecule has 1 N–H and O–H groups in total. The Morgan fingerprint density at radius 2 is 2.10 bits per heavy atom. The first-order chi connectivity index (χ1) is 9.85. The van der Waals surface area contributed by atoms with Crippen molar-refractivity contribution in [3.8, 4) is 10.4 Å². The van der Waals surface area contributed by atoms with E-state index in [4.69, 9.17) is 4.74 Å². The molecule has 0 saturated heterocycles. The van der Waals surface area contributed by atoms with Gasteiger partial charge >= 0.3 is 0 Å². The molecule has 1 aromatic heterocycles. The third-order valence-electron chi connectivity index (χ3n) is 3.85. The van der Waals surface area contributed by atoms with Gasteiger partial charge in [-0.2, -0.15) is 0 Å². The molecule has 0 aliphatic heterocycles. The van der Waals surface area contributed by atoms with Crippen LogP contribution < -0.4 is 5.32 Å². The molecule has 0 bridgehead atoms. The highest BCUT2D eigenvalue weighted by atomic mass is 32.1. The second-order valence-electron chi connectivity index (χ2n) is 5.26. The van der Waals surface area contributed by atoms with E-state index in [0.29, 0.717) is 12.1 Å². The van der Waals surface area contributed by atoms with E-state index >= 15 is 0 Å². The number of benzene rings is 1. The lowest BCUT2D eigenvalue weighted by Crippen LogP contribution is -2.30. The predicted molar refractivity (Wildman–Crippen MR) is 84.2 cm³/mol. The Bertz CT molecular complexity index is 540. The van der Waals surface area contributed by atoms with Crippen molar-refractivity contribution in [1.29, 1.82) is 0 Å². The summed E-state index contributed by atoms with van der Waals surface area (Å²) in [7, 11) is 1.81. The van der Waals surface area contributed by atoms with Crippen molar-refractivity contribution in [2.24, 2.45) is 0 Å². The van der Waals surface area contributed by atoms with Gasteiger partial charge in [0.05, 0.1) is 11.0 Å². The molecule has 4 heteroatoms. The monoisotopic (exact) mass is 288 g/mol. The number of aromatic nitrogens is 1. The van der Waals surface area contributed by atoms with Crippen molar-refractivity contribution in [2.75, 3.05) is 12.4 Å². The molecule has 2 unspecified atom stereocenters. The molecule has 20 heavy (non-hydrogen) atoms. The third kappa shape index (κ3) is 3.19. The Morgan fingerprint density at radius 3 is 2.90 bits per heavy atom. The Balaban J connectivity index is 1.65. The van der Waals surface area contributed by atoms with Gasteiger partial charge < -0.3 is 10.1 Å². The molecular formula is C16H20N2OS. The maximum absolute atomic E-state index is 5.48. The largest absolute Gasteiger partial charge is 0.381 e. The number of anilines is 1. The minimum absolute atomic E-state index is 0.398. The summed E-state index contributed by atoms with van der Waals surface area (Å²) in [6, 6.07) is 10.9. The van der Waals surface area contributed by atoms with Gasteiger partial charge in [-0.15, -0.1) is 0 Å². The Kier molecular flexibility index (Phi) is 4.33. The second kappa shape index (κ2) is 6.37. The van der Waals surface area contributed by atoms with Gasteiger partial charge in [0.2, 0.25) is 0 Å². The molecule has 106 valence electrons. The molecule has 1 fully saturated rings. The Hall–Kier alpha value is -1.39. The summed E-state index contributed by atoms with van der Waals surface area (Å²) in [5.41, 5.74) is 1.23. The SMILES string of the molecule is COC1CCCC(Nc2ncc(-c3ccccc3)s2)C1. The van der Waals surface area contributed by atoms with Crippen LogP contribution in [-0.2, 0) is 4.74 Å². The van der Waals surface area contributed by atoms with Gasteiger partial charge in [0.15, 0.2) is 5.13 Å². The van der Waals surface area contributed by atoms with Gasteiger partial charge in [0.25, 0.3) is 0 Å². The standard InChI is InChI=1S/C16H20N2OS/c1-19-14-9-5-8-13(10-14)18-16-17-11-15(20-16)12-6-3-2-4-7-12/h2-4,6-7,11,13-14H,5,8-10H2,1H3,(H,17,18). The van der Waals surface area contributed by atoms with Gasteiger partial charge in [-0.3, -0.25) is 0 Å². The summed E-state index contributed by atoms with van der Waals surface area (Å²) in [6.07, 6.45) is 7.06. The van der Waals surface area contributed by atoms with E-state index in [1.165, 1.54) is 29.7 Å². The minimum Gasteiger partial charge on any atom is -0.381 e. The Morgan fingerprint density at radius 1 is 1.25 bits per heavy atom. The minimum atomic E-state index is 0.398. The fourth-order valence-corrected chi connectivity index (χ4v) is 3.64. The van der Waals surface area contributed by atoms with Crippen LogP contribution in [0.5, 0.6) is 0 Å². The highest BCUT2D eigenvalue weighted by Gasteiger charge is 2.22. The molecule has 0 radical (unpaired) electrons. The molecule has 3 nitrogen and oxygen atoms in total. The molecular weight excluding hydrogens is 268 g/mol. The van der Waals surface area contributed by atoms with Crippen molar-refractivity contribution in [1.82, 2.24) is 4.98 Å². The van der Waals surface area contributed by atoms with Gasteiger partial charge in [0.1, 0.15) is 0 Å². The highest BCUT2D eigenvalue weighted by Crippen LogP contribution is 2.31. The van der Waals surface area contributed by atoms with Crippen molar-refractivity contribution in [3.05, 3.63) is 36.5 Å². The number of nitrogens with one attached hydrogen (secondary N) is 1. The van der Waals surface area contributed by atoms with E-state index in [-0.39, 0.29) is 0 Å². The van der Waals surface area contributed by atoms with Crippen LogP contribution in [0.1, 0.15) is 25.7 Å². The summed E-state index contributed by atoms with van der Waals surface area (Å²) < 4.78 is 5.48. The van der Waals surface area contributed by atoms with Crippen LogP contribution in [0.15, 0.2) is 36.5 Å². The maximum atomic E-state index is 5.48. The first-order valence-corrected chi connectivity index (χ1v) is 7.97. The first-order valence-electron chi connectivity index (χ1n) is 7.16. The van der Waals surface area contributed by atoms with Crippen LogP contribution in [0.4, 0.5) is 5.13 Å². The van der Waals surface area contributed by atoms with Gasteiger partial charge in [0, 0.05) is 19.3 Å². The molecule has 2 atom stereocenters. The predicted octanol–water partition coefficient (Wildman–Crippen LogP) is 4.18. The maximum Gasteiger partial charge on any atom is 0.183 e. The van der Waals surface area contributed by atoms with E-state index < -0.39 is 0 Å². The molecule has 2 aromatic rings. The molecule has 0 spiro atoms. The van der Waals surface area contributed by atoms with Crippen molar-refractivity contribution >= 4 is 16.5 Å². The van der Waals surface area contributed by atoms with Crippen LogP contribution in [0.25, 0.3) is 10.4 Å². The van der Waals surface area contributed by atoms with Crippen LogP contribution in [0, 0.1) is 0 Å². The van der Waals surface area contributed by atoms with E-state index in [1.807, 2.05) is 19.4 Å². The number of hydrogen-bond donors (Lipinski definition) is 1. The Labute approximate surface area is 124 Å². The molecule has 1 aliphatic rings. The van der Waals surface area contributed by atoms with E-state index in [0.717, 1.165) is 11.6 Å². The fraction of sp³-hybridized carbons (Fsp3) is 0.438. The number of rotatable bonds is 4. The molecule has 1 aliphatic carbocycles. The first kappa shape index (κ1) is 13.6. The normalized spacial score (nSPS) is 22.6. The molecule has 1 aromatic carbocycles. The van der Waals surface area contributed by atoms with Crippen LogP contribution in [0.2, 0.25) is 0 Å². The van der Waals surface area contributed by atoms with E-state index in [1.54, 1.807) is 11.3 Å². The second-order valence-corrected chi connectivity index (χ2v) is 6.29. The number of methoxy groups -OCH3 is 1. The number of ether oxygens (including phenoxy) is 1. The average Bonchev–Trinajstić information content (AvgIpc) is 2.97. The number of nitrogens with zero attached hydrogens (tertiary/aromatic N) is 1. The fourth-order valence-electron chi connectivity index (χ4n) is 2.74. The number of hydrogen-bond acceptors (Lipinski definition) is 4. The zero-order valence-electron chi connectivity index (χ0n) is 11.7. The summed E-state index contributed by atoms with van der Waals surface area (Å²) >= 11 is 1.73. The van der Waals surface area contributed by atoms with E-state index in [9.17, 15) is 0 Å². The van der Waals surface area contributed by atoms with Crippen LogP contribution >= 0.6 is 11.3 Å². The van der Waals surface area contributed by atoms with Gasteiger partial charge in [-0.25, -0.2) is 4.98 Å². The van der Waals surface area contributed by atoms with E-state index in [2.05, 4.69) is 34.6 Å². The lowest BCUT2D eigenvalue weighted by molar-refractivity contribution is 0.0669. The molecule has 0 amide bonds. The lowest BCUT2D eigenvalue weighted by Gasteiger charge is -2.28. The highest BCUT2D eigenvalue weighted by molar-refractivity contribution is 7.18. The molecule has 1 heterocycles. The molecule has 1 saturated carbocycles.